The number of hydrogen-bond donors (Lipinski definition) is 9. The molecule has 0 saturated carbocycles. The minimum Gasteiger partial charge on any atom is -0.481 e. The second-order valence-corrected chi connectivity index (χ2v) is 16.2. The van der Waals surface area contributed by atoms with E-state index in [-0.39, 0.29) is 25.8 Å². The van der Waals surface area contributed by atoms with Gasteiger partial charge in [-0.05, 0) is 49.1 Å². The van der Waals surface area contributed by atoms with Crippen molar-refractivity contribution in [2.75, 3.05) is 13.1 Å². The van der Waals surface area contributed by atoms with Crippen molar-refractivity contribution in [3.8, 4) is 0 Å². The largest absolute Gasteiger partial charge is 0.481 e. The number of carbonyl (C=O) groups is 11. The average Bonchev–Trinajstić information content (AvgIpc) is 3.77. The van der Waals surface area contributed by atoms with Crippen LogP contribution in [0.2, 0.25) is 0 Å². The summed E-state index contributed by atoms with van der Waals surface area (Å²) in [4.78, 5) is 144. The van der Waals surface area contributed by atoms with Gasteiger partial charge in [0.25, 0.3) is 5.91 Å². The molecule has 2 aromatic rings. The van der Waals surface area contributed by atoms with Gasteiger partial charge in [0.2, 0.25) is 41.2 Å². The van der Waals surface area contributed by atoms with Crippen LogP contribution in [0, 0.1) is 5.92 Å². The fourth-order valence-corrected chi connectivity index (χ4v) is 7.52. The van der Waals surface area contributed by atoms with Crippen LogP contribution in [-0.2, 0) is 52.7 Å². The third kappa shape index (κ3) is 16.1. The van der Waals surface area contributed by atoms with Crippen LogP contribution in [-0.4, -0.2) is 135 Å². The molecular weight excluding hydrogens is 863 g/mol. The fourth-order valence-electron chi connectivity index (χ4n) is 7.52. The van der Waals surface area contributed by atoms with E-state index in [2.05, 4.69) is 26.6 Å². The predicted octanol–water partition coefficient (Wildman–Crippen LogP) is 0.209. The van der Waals surface area contributed by atoms with Gasteiger partial charge in [0.1, 0.15) is 36.8 Å². The van der Waals surface area contributed by atoms with E-state index in [1.165, 1.54) is 4.90 Å². The molecule has 21 heteroatoms. The van der Waals surface area contributed by atoms with Crippen LogP contribution in [0.15, 0.2) is 60.7 Å². The molecule has 9 N–H and O–H groups in total. The molecule has 0 radical (unpaired) electrons. The van der Waals surface area contributed by atoms with Crippen molar-refractivity contribution in [1.29, 1.82) is 0 Å². The summed E-state index contributed by atoms with van der Waals surface area (Å²) in [6.45, 7) is 5.22. The molecule has 1 saturated heterocycles. The molecule has 6 unspecified atom stereocenters. The van der Waals surface area contributed by atoms with Gasteiger partial charge in [-0.2, -0.15) is 0 Å². The summed E-state index contributed by atoms with van der Waals surface area (Å²) >= 11 is 0. The number of Topliss-reactive ketones (excluding diaryl/α,β-unsaturated/α-hetero) is 1. The van der Waals surface area contributed by atoms with E-state index in [0.29, 0.717) is 24.0 Å². The summed E-state index contributed by atoms with van der Waals surface area (Å²) in [5.41, 5.74) is 1.17. The minimum atomic E-state index is -1.59. The SMILES string of the molecule is CCCC(NC(=O)C1CCCN1C(=O)C(NC(=O)C(NC(=O)C(CCC(=O)O)NC(=O)C(CCC(=O)O)NC(C)=O)C(C)C)C(c1ccccc1)c1ccccc1)C(=O)C(=O)NCC(=O)O. The van der Waals surface area contributed by atoms with E-state index in [9.17, 15) is 58.2 Å². The molecule has 1 aliphatic rings. The summed E-state index contributed by atoms with van der Waals surface area (Å²) < 4.78 is 0. The summed E-state index contributed by atoms with van der Waals surface area (Å²) in [5.74, 6) is -12.8. The van der Waals surface area contributed by atoms with Gasteiger partial charge in [-0.1, -0.05) is 87.9 Å². The monoisotopic (exact) mass is 921 g/mol. The number of carboxylic acid groups (broad SMARTS) is 3. The van der Waals surface area contributed by atoms with Crippen molar-refractivity contribution in [1.82, 2.24) is 36.8 Å². The molecule has 3 rings (SSSR count). The lowest BCUT2D eigenvalue weighted by Gasteiger charge is -2.35. The molecule has 21 nitrogen and oxygen atoms in total. The van der Waals surface area contributed by atoms with E-state index in [4.69, 9.17) is 5.11 Å². The first-order valence-electron chi connectivity index (χ1n) is 21.6. The topological polar surface area (TPSA) is 324 Å². The van der Waals surface area contributed by atoms with Crippen LogP contribution in [0.25, 0.3) is 0 Å². The highest BCUT2D eigenvalue weighted by atomic mass is 16.4. The molecule has 0 aliphatic carbocycles. The summed E-state index contributed by atoms with van der Waals surface area (Å²) in [5, 5.41) is 42.3. The zero-order chi connectivity index (χ0) is 49.1. The molecule has 2 aromatic carbocycles. The number of amides is 7. The van der Waals surface area contributed by atoms with Crippen LogP contribution in [0.5, 0.6) is 0 Å². The summed E-state index contributed by atoms with van der Waals surface area (Å²) in [7, 11) is 0. The second-order valence-electron chi connectivity index (χ2n) is 16.2. The Balaban J connectivity index is 2.03. The molecule has 6 atom stereocenters. The number of likely N-dealkylation sites (tertiary alicyclic amines) is 1. The molecule has 1 heterocycles. The Morgan fingerprint density at radius 3 is 1.64 bits per heavy atom. The molecule has 1 fully saturated rings. The molecular formula is C45H59N7O14. The van der Waals surface area contributed by atoms with Gasteiger partial charge in [0.05, 0.1) is 6.04 Å². The molecule has 0 aromatic heterocycles. The number of carbonyl (C=O) groups excluding carboxylic acids is 8. The van der Waals surface area contributed by atoms with E-state index < -0.39 is 139 Å². The van der Waals surface area contributed by atoms with Crippen molar-refractivity contribution in [2.45, 2.75) is 121 Å². The number of carboxylic acids is 3. The highest BCUT2D eigenvalue weighted by Gasteiger charge is 2.43. The first kappa shape index (κ1) is 53.2. The van der Waals surface area contributed by atoms with Crippen LogP contribution >= 0.6 is 0 Å². The third-order valence-corrected chi connectivity index (χ3v) is 10.8. The number of ketones is 1. The van der Waals surface area contributed by atoms with Crippen molar-refractivity contribution in [3.05, 3.63) is 71.8 Å². The highest BCUT2D eigenvalue weighted by molar-refractivity contribution is 6.38. The number of benzene rings is 2. The summed E-state index contributed by atoms with van der Waals surface area (Å²) in [6, 6.07) is 9.06. The highest BCUT2D eigenvalue weighted by Crippen LogP contribution is 2.31. The van der Waals surface area contributed by atoms with E-state index >= 15 is 4.79 Å². The number of hydrogen-bond acceptors (Lipinski definition) is 11. The molecule has 1 aliphatic heterocycles. The zero-order valence-electron chi connectivity index (χ0n) is 37.2. The third-order valence-electron chi connectivity index (χ3n) is 10.8. The standard InChI is InChI=1S/C45H59N7O14/c1-5-13-29(39(60)44(65)46-24-35(58)59)48-42(63)32-18-12-23-52(32)45(66)38(36(27-14-8-6-9-15-27)28-16-10-7-11-17-28)51-43(64)37(25(2)3)50-41(62)31(20-22-34(56)57)49-40(61)30(47-26(4)53)19-21-33(54)55/h6-11,14-17,25,29-32,36-38H,5,12-13,18-24H2,1-4H3,(H,46,65)(H,47,53)(H,48,63)(H,49,61)(H,50,62)(H,51,64)(H,54,55)(H,56,57)(H,58,59). The average molecular weight is 922 g/mol. The van der Waals surface area contributed by atoms with Crippen molar-refractivity contribution >= 4 is 65.0 Å². The quantitative estimate of drug-likeness (QED) is 0.0570. The first-order chi connectivity index (χ1) is 31.2. The summed E-state index contributed by atoms with van der Waals surface area (Å²) in [6.07, 6.45) is -1.10. The lowest BCUT2D eigenvalue weighted by Crippen LogP contribution is -2.61. The lowest BCUT2D eigenvalue weighted by atomic mass is 9.83. The van der Waals surface area contributed by atoms with Gasteiger partial charge in [-0.25, -0.2) is 0 Å². The van der Waals surface area contributed by atoms with Crippen LogP contribution in [0.4, 0.5) is 0 Å². The number of nitrogens with one attached hydrogen (secondary N) is 6. The predicted molar refractivity (Wildman–Crippen MR) is 234 cm³/mol. The molecule has 0 bridgehead atoms. The first-order valence-corrected chi connectivity index (χ1v) is 21.6. The smallest absolute Gasteiger partial charge is 0.322 e. The molecule has 66 heavy (non-hydrogen) atoms. The maximum atomic E-state index is 15.1. The maximum Gasteiger partial charge on any atom is 0.322 e. The Morgan fingerprint density at radius 2 is 1.15 bits per heavy atom. The van der Waals surface area contributed by atoms with E-state index in [1.807, 2.05) is 5.32 Å². The maximum absolute atomic E-state index is 15.1. The van der Waals surface area contributed by atoms with Gasteiger partial charge in [0, 0.05) is 32.2 Å². The van der Waals surface area contributed by atoms with Crippen LogP contribution in [0.1, 0.15) is 96.1 Å². The fraction of sp³-hybridized carbons (Fsp3) is 0.489. The molecule has 7 amide bonds. The Kier molecular flexibility index (Phi) is 20.9. The van der Waals surface area contributed by atoms with Gasteiger partial charge < -0.3 is 52.1 Å². The molecule has 0 spiro atoms. The van der Waals surface area contributed by atoms with Gasteiger partial charge in [-0.3, -0.25) is 52.7 Å². The molecule has 358 valence electrons. The Hall–Kier alpha value is -7.19. The van der Waals surface area contributed by atoms with Gasteiger partial charge in [0.15, 0.2) is 0 Å². The van der Waals surface area contributed by atoms with Gasteiger partial charge >= 0.3 is 17.9 Å². The number of rotatable bonds is 26. The van der Waals surface area contributed by atoms with Crippen LogP contribution in [0.3, 0.4) is 0 Å². The number of aliphatic carboxylic acids is 3. The number of nitrogens with zero attached hydrogens (tertiary/aromatic N) is 1. The van der Waals surface area contributed by atoms with Crippen molar-refractivity contribution < 1.29 is 68.1 Å². The lowest BCUT2D eigenvalue weighted by molar-refractivity contribution is -0.144. The van der Waals surface area contributed by atoms with E-state index in [0.717, 1.165) is 6.92 Å². The zero-order valence-corrected chi connectivity index (χ0v) is 37.2. The Morgan fingerprint density at radius 1 is 0.636 bits per heavy atom. The van der Waals surface area contributed by atoms with Crippen molar-refractivity contribution in [2.24, 2.45) is 5.92 Å². The van der Waals surface area contributed by atoms with Crippen molar-refractivity contribution in [3.63, 3.8) is 0 Å². The minimum absolute atomic E-state index is 0.0261. The normalized spacial score (nSPS) is 15.5. The van der Waals surface area contributed by atoms with Gasteiger partial charge in [-0.15, -0.1) is 0 Å². The Labute approximate surface area is 381 Å². The van der Waals surface area contributed by atoms with E-state index in [1.54, 1.807) is 81.4 Å². The Bertz CT molecular complexity index is 2040. The van der Waals surface area contributed by atoms with Crippen LogP contribution < -0.4 is 31.9 Å². The second kappa shape index (κ2) is 25.9.